The van der Waals surface area contributed by atoms with Gasteiger partial charge in [0.25, 0.3) is 10.2 Å². The molecular formula is C21H30FN3O3S. The minimum absolute atomic E-state index is 0.0240. The maximum absolute atomic E-state index is 14.0. The van der Waals surface area contributed by atoms with Crippen LogP contribution in [0.3, 0.4) is 0 Å². The number of nitrogens with zero attached hydrogens (tertiary/aromatic N) is 3. The highest BCUT2D eigenvalue weighted by molar-refractivity contribution is 7.86. The van der Waals surface area contributed by atoms with Crippen LogP contribution in [0.1, 0.15) is 50.0 Å². The molecule has 2 aliphatic carbocycles. The van der Waals surface area contributed by atoms with Gasteiger partial charge in [0.05, 0.1) is 0 Å². The normalized spacial score (nSPS) is 26.7. The van der Waals surface area contributed by atoms with Crippen molar-refractivity contribution in [2.24, 2.45) is 5.92 Å². The fraction of sp³-hybridized carbons (Fsp3) is 0.667. The molecule has 6 nitrogen and oxygen atoms in total. The number of hydrogen-bond donors (Lipinski definition) is 0. The molecule has 1 amide bonds. The maximum atomic E-state index is 14.0. The summed E-state index contributed by atoms with van der Waals surface area (Å²) in [6.45, 7) is 1.44. The Kier molecular flexibility index (Phi) is 5.95. The van der Waals surface area contributed by atoms with E-state index < -0.39 is 10.2 Å². The van der Waals surface area contributed by atoms with Gasteiger partial charge in [-0.15, -0.1) is 0 Å². The van der Waals surface area contributed by atoms with Crippen LogP contribution in [-0.4, -0.2) is 67.1 Å². The summed E-state index contributed by atoms with van der Waals surface area (Å²) in [4.78, 5) is 14.6. The summed E-state index contributed by atoms with van der Waals surface area (Å²) in [5.41, 5.74) is 0.612. The smallest absolute Gasteiger partial charge is 0.282 e. The average molecular weight is 424 g/mol. The Balaban J connectivity index is 1.32. The Labute approximate surface area is 172 Å². The number of piperazine rings is 1. The second-order valence-electron chi connectivity index (χ2n) is 8.51. The molecule has 2 unspecified atom stereocenters. The van der Waals surface area contributed by atoms with Crippen LogP contribution in [0.15, 0.2) is 24.3 Å². The van der Waals surface area contributed by atoms with Crippen molar-refractivity contribution in [2.45, 2.75) is 50.5 Å². The molecule has 1 saturated heterocycles. The van der Waals surface area contributed by atoms with Crippen LogP contribution >= 0.6 is 0 Å². The fourth-order valence-corrected chi connectivity index (χ4v) is 6.35. The first-order valence-corrected chi connectivity index (χ1v) is 12.1. The summed E-state index contributed by atoms with van der Waals surface area (Å²) < 4.78 is 43.0. The molecule has 0 aromatic heterocycles. The Morgan fingerprint density at radius 1 is 1.07 bits per heavy atom. The molecule has 160 valence electrons. The van der Waals surface area contributed by atoms with Crippen molar-refractivity contribution in [3.8, 4) is 0 Å². The standard InChI is InChI=1S/C21H30FN3O3S/c1-23(16-7-3-2-4-8-16)29(27,28)25-13-11-24(12-14-25)21(26)19-15-18(19)17-9-5-6-10-20(17)22/h5-6,9-10,16,18-19H,2-4,7-8,11-15H2,1H3. The number of hydrogen-bond acceptors (Lipinski definition) is 3. The van der Waals surface area contributed by atoms with E-state index in [1.165, 1.54) is 16.8 Å². The van der Waals surface area contributed by atoms with E-state index in [2.05, 4.69) is 0 Å². The van der Waals surface area contributed by atoms with Gasteiger partial charge >= 0.3 is 0 Å². The average Bonchev–Trinajstić information content (AvgIpc) is 3.54. The van der Waals surface area contributed by atoms with E-state index in [-0.39, 0.29) is 29.6 Å². The summed E-state index contributed by atoms with van der Waals surface area (Å²) in [5.74, 6) is -0.465. The quantitative estimate of drug-likeness (QED) is 0.731. The van der Waals surface area contributed by atoms with Crippen LogP contribution in [0.25, 0.3) is 0 Å². The summed E-state index contributed by atoms with van der Waals surface area (Å²) >= 11 is 0. The lowest BCUT2D eigenvalue weighted by molar-refractivity contribution is -0.133. The first kappa shape index (κ1) is 20.8. The van der Waals surface area contributed by atoms with Crippen molar-refractivity contribution < 1.29 is 17.6 Å². The molecule has 2 atom stereocenters. The lowest BCUT2D eigenvalue weighted by Crippen LogP contribution is -2.55. The summed E-state index contributed by atoms with van der Waals surface area (Å²) in [5, 5.41) is 0. The summed E-state index contributed by atoms with van der Waals surface area (Å²) in [6, 6.07) is 6.72. The zero-order valence-corrected chi connectivity index (χ0v) is 17.8. The van der Waals surface area contributed by atoms with E-state index >= 15 is 0 Å². The molecule has 0 N–H and O–H groups in total. The first-order valence-electron chi connectivity index (χ1n) is 10.7. The SMILES string of the molecule is CN(C1CCCCC1)S(=O)(=O)N1CCN(C(=O)C2CC2c2ccccc2F)CC1. The largest absolute Gasteiger partial charge is 0.340 e. The minimum Gasteiger partial charge on any atom is -0.340 e. The molecule has 1 aromatic carbocycles. The number of benzene rings is 1. The van der Waals surface area contributed by atoms with Crippen molar-refractivity contribution >= 4 is 16.1 Å². The molecule has 4 rings (SSSR count). The lowest BCUT2D eigenvalue weighted by atomic mass is 9.96. The van der Waals surface area contributed by atoms with Crippen LogP contribution in [0.4, 0.5) is 4.39 Å². The van der Waals surface area contributed by atoms with Crippen LogP contribution in [-0.2, 0) is 15.0 Å². The van der Waals surface area contributed by atoms with E-state index in [1.807, 2.05) is 0 Å². The molecular weight excluding hydrogens is 393 g/mol. The summed E-state index contributed by atoms with van der Waals surface area (Å²) in [7, 11) is -1.81. The number of halogens is 1. The van der Waals surface area contributed by atoms with E-state index in [9.17, 15) is 17.6 Å². The Morgan fingerprint density at radius 2 is 1.72 bits per heavy atom. The molecule has 1 heterocycles. The zero-order chi connectivity index (χ0) is 20.6. The molecule has 8 heteroatoms. The highest BCUT2D eigenvalue weighted by atomic mass is 32.2. The number of rotatable bonds is 5. The van der Waals surface area contributed by atoms with Gasteiger partial charge in [0.2, 0.25) is 5.91 Å². The molecule has 0 bridgehead atoms. The van der Waals surface area contributed by atoms with Gasteiger partial charge in [-0.1, -0.05) is 37.5 Å². The number of carbonyl (C=O) groups is 1. The van der Waals surface area contributed by atoms with Gasteiger partial charge in [0, 0.05) is 45.2 Å². The number of carbonyl (C=O) groups excluding carboxylic acids is 1. The third-order valence-electron chi connectivity index (χ3n) is 6.74. The Morgan fingerprint density at radius 3 is 2.38 bits per heavy atom. The van der Waals surface area contributed by atoms with Crippen LogP contribution < -0.4 is 0 Å². The number of amides is 1. The zero-order valence-electron chi connectivity index (χ0n) is 17.0. The highest BCUT2D eigenvalue weighted by Crippen LogP contribution is 2.49. The van der Waals surface area contributed by atoms with E-state index in [0.29, 0.717) is 38.2 Å². The molecule has 29 heavy (non-hydrogen) atoms. The molecule has 0 spiro atoms. The Bertz CT molecular complexity index is 848. The van der Waals surface area contributed by atoms with Crippen LogP contribution in [0.2, 0.25) is 0 Å². The van der Waals surface area contributed by atoms with Crippen molar-refractivity contribution in [3.05, 3.63) is 35.6 Å². The second-order valence-corrected chi connectivity index (χ2v) is 10.5. The fourth-order valence-electron chi connectivity index (χ4n) is 4.78. The first-order chi connectivity index (χ1) is 13.9. The molecule has 1 aliphatic heterocycles. The molecule has 3 fully saturated rings. The third kappa shape index (κ3) is 4.20. The van der Waals surface area contributed by atoms with Crippen molar-refractivity contribution in [2.75, 3.05) is 33.2 Å². The van der Waals surface area contributed by atoms with Crippen molar-refractivity contribution in [1.29, 1.82) is 0 Å². The monoisotopic (exact) mass is 423 g/mol. The topological polar surface area (TPSA) is 60.9 Å². The van der Waals surface area contributed by atoms with Gasteiger partial charge in [-0.2, -0.15) is 17.0 Å². The molecule has 0 radical (unpaired) electrons. The van der Waals surface area contributed by atoms with Crippen LogP contribution in [0, 0.1) is 11.7 Å². The van der Waals surface area contributed by atoms with Crippen LogP contribution in [0.5, 0.6) is 0 Å². The predicted octanol–water partition coefficient (Wildman–Crippen LogP) is 2.58. The van der Waals surface area contributed by atoms with E-state index in [0.717, 1.165) is 25.7 Å². The van der Waals surface area contributed by atoms with Gasteiger partial charge in [-0.05, 0) is 36.8 Å². The van der Waals surface area contributed by atoms with E-state index in [1.54, 1.807) is 34.5 Å². The van der Waals surface area contributed by atoms with E-state index in [4.69, 9.17) is 0 Å². The molecule has 1 aromatic rings. The van der Waals surface area contributed by atoms with Gasteiger partial charge in [0.15, 0.2) is 0 Å². The summed E-state index contributed by atoms with van der Waals surface area (Å²) in [6.07, 6.45) is 5.86. The highest BCUT2D eigenvalue weighted by Gasteiger charge is 2.47. The molecule has 2 saturated carbocycles. The lowest BCUT2D eigenvalue weighted by Gasteiger charge is -2.38. The minimum atomic E-state index is -3.50. The van der Waals surface area contributed by atoms with Gasteiger partial charge in [-0.25, -0.2) is 4.39 Å². The van der Waals surface area contributed by atoms with Gasteiger partial charge in [-0.3, -0.25) is 4.79 Å². The second kappa shape index (κ2) is 8.32. The van der Waals surface area contributed by atoms with Crippen molar-refractivity contribution in [3.63, 3.8) is 0 Å². The van der Waals surface area contributed by atoms with Gasteiger partial charge in [0.1, 0.15) is 5.82 Å². The van der Waals surface area contributed by atoms with Gasteiger partial charge < -0.3 is 4.90 Å². The Hall–Kier alpha value is -1.51. The third-order valence-corrected chi connectivity index (χ3v) is 8.79. The maximum Gasteiger partial charge on any atom is 0.282 e. The van der Waals surface area contributed by atoms with Crippen molar-refractivity contribution in [1.82, 2.24) is 13.5 Å². The molecule has 3 aliphatic rings. The predicted molar refractivity (Wildman–Crippen MR) is 109 cm³/mol.